The molecule has 1 unspecified atom stereocenters. The molecule has 0 aliphatic rings. The highest BCUT2D eigenvalue weighted by atomic mass is 16.6. The molecular formula is C35H47N5O6. The van der Waals surface area contributed by atoms with E-state index in [-0.39, 0.29) is 12.5 Å². The van der Waals surface area contributed by atoms with Gasteiger partial charge in [-0.05, 0) is 44.0 Å². The monoisotopic (exact) mass is 633 g/mol. The fraction of sp³-hybridized carbons (Fsp3) is 0.429. The summed E-state index contributed by atoms with van der Waals surface area (Å²) < 4.78 is 10.3. The number of pyridine rings is 1. The topological polar surface area (TPSA) is 151 Å². The fourth-order valence-electron chi connectivity index (χ4n) is 4.79. The molecule has 5 N–H and O–H groups in total. The van der Waals surface area contributed by atoms with E-state index in [1.807, 2.05) is 79.7 Å². The molecule has 4 atom stereocenters. The lowest BCUT2D eigenvalue weighted by atomic mass is 9.79. The molecule has 0 aliphatic carbocycles. The number of benzene rings is 2. The molecule has 0 spiro atoms. The Kier molecular flexibility index (Phi) is 11.9. The largest absolute Gasteiger partial charge is 0.453 e. The van der Waals surface area contributed by atoms with Crippen molar-refractivity contribution < 1.29 is 29.0 Å². The number of aromatic nitrogens is 1. The van der Waals surface area contributed by atoms with Crippen LogP contribution in [0.1, 0.15) is 71.7 Å². The molecule has 1 heterocycles. The van der Waals surface area contributed by atoms with Crippen LogP contribution < -0.4 is 21.3 Å². The third-order valence-electron chi connectivity index (χ3n) is 7.54. The number of carbonyl (C=O) groups is 3. The number of aliphatic hydroxyl groups is 1. The predicted octanol–water partition coefficient (Wildman–Crippen LogP) is 5.24. The van der Waals surface area contributed by atoms with Gasteiger partial charge < -0.3 is 19.9 Å². The molecule has 1 aromatic heterocycles. The summed E-state index contributed by atoms with van der Waals surface area (Å²) in [5.74, 6) is -0.951. The molecule has 0 fully saturated rings. The van der Waals surface area contributed by atoms with Crippen LogP contribution in [-0.2, 0) is 14.3 Å². The molecule has 0 bridgehead atoms. The van der Waals surface area contributed by atoms with Crippen molar-refractivity contribution in [3.05, 3.63) is 90.1 Å². The Hall–Kier alpha value is -4.48. The Bertz CT molecular complexity index is 1440. The van der Waals surface area contributed by atoms with Crippen LogP contribution in [0.25, 0.3) is 11.3 Å². The Morgan fingerprint density at radius 2 is 1.43 bits per heavy atom. The lowest BCUT2D eigenvalue weighted by Crippen LogP contribution is -2.75. The predicted molar refractivity (Wildman–Crippen MR) is 177 cm³/mol. The molecule has 3 amide bonds. The number of hydrogen-bond acceptors (Lipinski definition) is 8. The number of rotatable bonds is 11. The second-order valence-corrected chi connectivity index (χ2v) is 13.2. The van der Waals surface area contributed by atoms with Gasteiger partial charge in [0.25, 0.3) is 5.91 Å². The molecule has 0 radical (unpaired) electrons. The van der Waals surface area contributed by atoms with E-state index in [0.29, 0.717) is 5.56 Å². The van der Waals surface area contributed by atoms with Crippen molar-refractivity contribution >= 4 is 18.1 Å². The number of ether oxygens (including phenoxy) is 2. The summed E-state index contributed by atoms with van der Waals surface area (Å²) in [6.07, 6.45) is -1.80. The summed E-state index contributed by atoms with van der Waals surface area (Å²) >= 11 is 0. The van der Waals surface area contributed by atoms with Gasteiger partial charge in [-0.1, -0.05) is 88.4 Å². The van der Waals surface area contributed by atoms with Crippen LogP contribution >= 0.6 is 0 Å². The molecule has 0 saturated carbocycles. The van der Waals surface area contributed by atoms with Gasteiger partial charge in [0.15, 0.2) is 0 Å². The van der Waals surface area contributed by atoms with Crippen molar-refractivity contribution in [1.29, 1.82) is 0 Å². The first kappa shape index (κ1) is 36.0. The van der Waals surface area contributed by atoms with E-state index < -0.39 is 47.0 Å². The molecule has 3 rings (SSSR count). The minimum Gasteiger partial charge on any atom is -0.453 e. The maximum atomic E-state index is 14.4. The van der Waals surface area contributed by atoms with Crippen LogP contribution in [0.4, 0.5) is 9.59 Å². The number of hydrogen-bond donors (Lipinski definition) is 5. The first-order chi connectivity index (χ1) is 21.6. The summed E-state index contributed by atoms with van der Waals surface area (Å²) in [5.41, 5.74) is -0.706. The summed E-state index contributed by atoms with van der Waals surface area (Å²) in [4.78, 5) is 44.5. The standard InChI is InChI=1S/C35H47N5O6/c1-23(24-14-10-9-11-15-24)28(41)22-37-29(26-19-17-25(18-20-26)27-16-12-13-21-36-27)38-30(42)35(33(2,3)4,39-31(43)45-8)40-32(44)46-34(5,6)7/h9-21,23,28-29,37,41H,22H2,1-8H3,(H,38,42)(H,39,43)(H,40,44)/t23-,28+,29?,35-/m0/s1. The lowest BCUT2D eigenvalue weighted by molar-refractivity contribution is -0.135. The van der Waals surface area contributed by atoms with Crippen LogP contribution in [0.3, 0.4) is 0 Å². The zero-order valence-electron chi connectivity index (χ0n) is 27.9. The van der Waals surface area contributed by atoms with E-state index in [2.05, 4.69) is 26.3 Å². The highest BCUT2D eigenvalue weighted by Crippen LogP contribution is 2.31. The summed E-state index contributed by atoms with van der Waals surface area (Å²) in [5, 5.41) is 22.5. The van der Waals surface area contributed by atoms with Gasteiger partial charge in [0.05, 0.1) is 18.9 Å². The number of nitrogens with one attached hydrogen (secondary N) is 4. The summed E-state index contributed by atoms with van der Waals surface area (Å²) in [6.45, 7) is 12.2. The smallest absolute Gasteiger partial charge is 0.409 e. The van der Waals surface area contributed by atoms with E-state index >= 15 is 0 Å². The Morgan fingerprint density at radius 1 is 0.826 bits per heavy atom. The van der Waals surface area contributed by atoms with Crippen molar-refractivity contribution in [1.82, 2.24) is 26.3 Å². The summed E-state index contributed by atoms with van der Waals surface area (Å²) in [7, 11) is 1.16. The zero-order chi connectivity index (χ0) is 34.1. The molecule has 248 valence electrons. The van der Waals surface area contributed by atoms with Crippen LogP contribution in [0.2, 0.25) is 0 Å². The van der Waals surface area contributed by atoms with Gasteiger partial charge >= 0.3 is 12.2 Å². The van der Waals surface area contributed by atoms with Gasteiger partial charge in [0, 0.05) is 29.6 Å². The number of methoxy groups -OCH3 is 1. The second kappa shape index (κ2) is 15.2. The van der Waals surface area contributed by atoms with E-state index in [4.69, 9.17) is 9.47 Å². The van der Waals surface area contributed by atoms with Crippen molar-refractivity contribution in [3.63, 3.8) is 0 Å². The zero-order valence-corrected chi connectivity index (χ0v) is 27.9. The molecule has 2 aromatic carbocycles. The maximum absolute atomic E-state index is 14.4. The maximum Gasteiger partial charge on any atom is 0.409 e. The molecule has 3 aromatic rings. The van der Waals surface area contributed by atoms with Gasteiger partial charge in [0.1, 0.15) is 11.8 Å². The molecule has 11 heteroatoms. The molecule has 11 nitrogen and oxygen atoms in total. The number of amides is 3. The first-order valence-electron chi connectivity index (χ1n) is 15.2. The van der Waals surface area contributed by atoms with Gasteiger partial charge in [-0.15, -0.1) is 0 Å². The lowest BCUT2D eigenvalue weighted by Gasteiger charge is -2.44. The second-order valence-electron chi connectivity index (χ2n) is 13.2. The van der Waals surface area contributed by atoms with Crippen LogP contribution in [-0.4, -0.2) is 59.2 Å². The number of nitrogens with zero attached hydrogens (tertiary/aromatic N) is 1. The number of alkyl carbamates (subject to hydrolysis) is 2. The Balaban J connectivity index is 1.99. The average Bonchev–Trinajstić information content (AvgIpc) is 3.01. The van der Waals surface area contributed by atoms with E-state index in [0.717, 1.165) is 23.9 Å². The summed E-state index contributed by atoms with van der Waals surface area (Å²) in [6, 6.07) is 22.7. The minimum absolute atomic E-state index is 0.107. The van der Waals surface area contributed by atoms with Crippen LogP contribution in [0.15, 0.2) is 79.0 Å². The van der Waals surface area contributed by atoms with Crippen LogP contribution in [0.5, 0.6) is 0 Å². The number of carbonyl (C=O) groups excluding carboxylic acids is 3. The highest BCUT2D eigenvalue weighted by molar-refractivity contribution is 5.93. The quantitative estimate of drug-likeness (QED) is 0.180. The van der Waals surface area contributed by atoms with Gasteiger partial charge in [0.2, 0.25) is 5.66 Å². The van der Waals surface area contributed by atoms with Crippen molar-refractivity contribution in [2.75, 3.05) is 13.7 Å². The van der Waals surface area contributed by atoms with E-state index in [9.17, 15) is 19.5 Å². The number of aliphatic hydroxyl groups excluding tert-OH is 1. The van der Waals surface area contributed by atoms with Crippen LogP contribution in [0, 0.1) is 5.41 Å². The third-order valence-corrected chi connectivity index (χ3v) is 7.54. The molecule has 0 aliphatic heterocycles. The normalized spacial score (nSPS) is 15.0. The molecular weight excluding hydrogens is 586 g/mol. The third kappa shape index (κ3) is 9.51. The Labute approximate surface area is 271 Å². The SMILES string of the molecule is COC(=O)N[C@](NC(=O)OC(C)(C)C)(C(=O)NC(NC[C@@H](O)[C@@H](C)c1ccccc1)c1ccc(-c2ccccn2)cc1)C(C)(C)C. The molecule has 46 heavy (non-hydrogen) atoms. The first-order valence-corrected chi connectivity index (χ1v) is 15.2. The average molecular weight is 634 g/mol. The fourth-order valence-corrected chi connectivity index (χ4v) is 4.79. The highest BCUT2D eigenvalue weighted by Gasteiger charge is 2.53. The van der Waals surface area contributed by atoms with Gasteiger partial charge in [-0.2, -0.15) is 0 Å². The van der Waals surface area contributed by atoms with E-state index in [1.54, 1.807) is 47.7 Å². The van der Waals surface area contributed by atoms with Crippen molar-refractivity contribution in [3.8, 4) is 11.3 Å². The van der Waals surface area contributed by atoms with Crippen molar-refractivity contribution in [2.45, 2.75) is 77.9 Å². The van der Waals surface area contributed by atoms with Crippen molar-refractivity contribution in [2.24, 2.45) is 5.41 Å². The molecule has 0 saturated heterocycles. The minimum atomic E-state index is -2.02. The van der Waals surface area contributed by atoms with E-state index in [1.165, 1.54) is 0 Å². The Morgan fingerprint density at radius 3 is 1.98 bits per heavy atom. The van der Waals surface area contributed by atoms with Gasteiger partial charge in [-0.3, -0.25) is 25.7 Å². The van der Waals surface area contributed by atoms with Gasteiger partial charge in [-0.25, -0.2) is 9.59 Å².